The highest BCUT2D eigenvalue weighted by Gasteiger charge is 2.29. The van der Waals surface area contributed by atoms with Gasteiger partial charge in [0, 0.05) is 6.54 Å². The first-order chi connectivity index (χ1) is 8.82. The van der Waals surface area contributed by atoms with Gasteiger partial charge in [-0.25, -0.2) is 8.42 Å². The zero-order valence-corrected chi connectivity index (χ0v) is 15.2. The van der Waals surface area contributed by atoms with Crippen LogP contribution in [0.3, 0.4) is 0 Å². The van der Waals surface area contributed by atoms with Gasteiger partial charge in [0.1, 0.15) is 11.4 Å². The maximum Gasteiger partial charge on any atom is 0.321 e. The van der Waals surface area contributed by atoms with E-state index in [-0.39, 0.29) is 18.0 Å². The Morgan fingerprint density at radius 3 is 2.53 bits per heavy atom. The molecule has 19 heavy (non-hydrogen) atoms. The number of esters is 1. The molecule has 0 spiro atoms. The van der Waals surface area contributed by atoms with E-state index in [0.29, 0.717) is 14.0 Å². The summed E-state index contributed by atoms with van der Waals surface area (Å²) in [5, 5.41) is 0. The van der Waals surface area contributed by atoms with Gasteiger partial charge in [0.05, 0.1) is 14.7 Å². The molecule has 0 fully saturated rings. The van der Waals surface area contributed by atoms with E-state index < -0.39 is 16.0 Å². The number of nitrogens with zero attached hydrogens (tertiary/aromatic N) is 1. The van der Waals surface area contributed by atoms with E-state index in [9.17, 15) is 13.2 Å². The molecule has 0 amide bonds. The highest BCUT2D eigenvalue weighted by atomic mass is 79.9. The number of rotatable bonds is 6. The predicted octanol–water partition coefficient (Wildman–Crippen LogP) is 2.85. The van der Waals surface area contributed by atoms with Crippen molar-refractivity contribution < 1.29 is 17.9 Å². The predicted molar refractivity (Wildman–Crippen MR) is 80.8 cm³/mol. The molecule has 1 aromatic heterocycles. The molecule has 1 aromatic rings. The fraction of sp³-hybridized carbons (Fsp3) is 0.500. The van der Waals surface area contributed by atoms with Crippen LogP contribution in [0.15, 0.2) is 18.5 Å². The van der Waals surface area contributed by atoms with E-state index in [1.54, 1.807) is 0 Å². The number of methoxy groups -OCH3 is 1. The molecule has 0 bridgehead atoms. The molecule has 0 N–H and O–H groups in total. The summed E-state index contributed by atoms with van der Waals surface area (Å²) >= 11 is 7.73. The Labute approximate surface area is 133 Å². The third-order valence-corrected chi connectivity index (χ3v) is 6.85. The van der Waals surface area contributed by atoms with Gasteiger partial charge in [-0.15, -0.1) is 11.3 Å². The summed E-state index contributed by atoms with van der Waals surface area (Å²) in [5.74, 6) is -0.581. The average molecular weight is 435 g/mol. The Bertz CT molecular complexity index is 556. The van der Waals surface area contributed by atoms with Gasteiger partial charge < -0.3 is 4.74 Å². The maximum absolute atomic E-state index is 12.5. The van der Waals surface area contributed by atoms with Crippen molar-refractivity contribution in [3.63, 3.8) is 0 Å². The van der Waals surface area contributed by atoms with Crippen LogP contribution < -0.4 is 0 Å². The van der Waals surface area contributed by atoms with Crippen molar-refractivity contribution in [2.45, 2.75) is 18.2 Å². The Hall–Kier alpha value is 0.0400. The number of carbonyl (C=O) groups excluding carboxylic acids is 1. The maximum atomic E-state index is 12.5. The van der Waals surface area contributed by atoms with Gasteiger partial charge in [-0.05, 0) is 44.3 Å². The summed E-state index contributed by atoms with van der Waals surface area (Å²) in [4.78, 5) is 11.5. The molecule has 0 saturated heterocycles. The van der Waals surface area contributed by atoms with Crippen LogP contribution in [0.4, 0.5) is 0 Å². The number of ether oxygens (including phenoxy) is 1. The minimum atomic E-state index is -3.71. The molecule has 108 valence electrons. The molecule has 0 aliphatic heterocycles. The first-order valence-electron chi connectivity index (χ1n) is 5.34. The standard InChI is InChI=1S/C10H13Br2NO4S2/c1-3-4-13(6-9(14)17-2)19(15,16)7-5-8(11)18-10(7)12/h5H,3-4,6H2,1-2H3. The lowest BCUT2D eigenvalue weighted by molar-refractivity contribution is -0.140. The van der Waals surface area contributed by atoms with Crippen LogP contribution in [0, 0.1) is 0 Å². The van der Waals surface area contributed by atoms with E-state index in [1.807, 2.05) is 6.92 Å². The van der Waals surface area contributed by atoms with E-state index in [2.05, 4.69) is 36.6 Å². The highest BCUT2D eigenvalue weighted by molar-refractivity contribution is 9.12. The van der Waals surface area contributed by atoms with E-state index in [1.165, 1.54) is 24.5 Å². The summed E-state index contributed by atoms with van der Waals surface area (Å²) in [6.07, 6.45) is 0.610. The normalized spacial score (nSPS) is 11.8. The van der Waals surface area contributed by atoms with E-state index in [0.717, 1.165) is 4.31 Å². The van der Waals surface area contributed by atoms with Crippen molar-refractivity contribution in [1.29, 1.82) is 0 Å². The lowest BCUT2D eigenvalue weighted by atomic mass is 10.5. The highest BCUT2D eigenvalue weighted by Crippen LogP contribution is 2.36. The summed E-state index contributed by atoms with van der Waals surface area (Å²) in [7, 11) is -2.48. The second kappa shape index (κ2) is 7.16. The van der Waals surface area contributed by atoms with Crippen molar-refractivity contribution in [2.75, 3.05) is 20.2 Å². The van der Waals surface area contributed by atoms with Crippen LogP contribution in [-0.4, -0.2) is 38.9 Å². The van der Waals surface area contributed by atoms with Gasteiger partial charge in [0.2, 0.25) is 10.0 Å². The number of sulfonamides is 1. The van der Waals surface area contributed by atoms with Gasteiger partial charge in [0.15, 0.2) is 0 Å². The molecule has 0 radical (unpaired) electrons. The van der Waals surface area contributed by atoms with Crippen molar-refractivity contribution >= 4 is 59.2 Å². The number of hydrogen-bond donors (Lipinski definition) is 0. The van der Waals surface area contributed by atoms with Gasteiger partial charge in [0.25, 0.3) is 0 Å². The van der Waals surface area contributed by atoms with Crippen molar-refractivity contribution in [2.24, 2.45) is 0 Å². The first kappa shape index (κ1) is 17.1. The molecular weight excluding hydrogens is 422 g/mol. The van der Waals surface area contributed by atoms with Crippen molar-refractivity contribution in [1.82, 2.24) is 4.31 Å². The fourth-order valence-electron chi connectivity index (χ4n) is 1.38. The van der Waals surface area contributed by atoms with Crippen LogP contribution in [0.1, 0.15) is 13.3 Å². The molecule has 0 unspecified atom stereocenters. The molecule has 0 atom stereocenters. The molecule has 0 aliphatic carbocycles. The lowest BCUT2D eigenvalue weighted by Crippen LogP contribution is -2.36. The second-order valence-electron chi connectivity index (χ2n) is 3.60. The second-order valence-corrected chi connectivity index (χ2v) is 9.26. The zero-order chi connectivity index (χ0) is 14.6. The number of thiophene rings is 1. The monoisotopic (exact) mass is 433 g/mol. The Morgan fingerprint density at radius 2 is 2.11 bits per heavy atom. The molecule has 0 aromatic carbocycles. The van der Waals surface area contributed by atoms with Gasteiger partial charge in [-0.3, -0.25) is 4.79 Å². The molecule has 0 saturated carbocycles. The third kappa shape index (κ3) is 4.25. The number of hydrogen-bond acceptors (Lipinski definition) is 5. The largest absolute Gasteiger partial charge is 0.468 e. The van der Waals surface area contributed by atoms with Gasteiger partial charge in [-0.1, -0.05) is 6.92 Å². The quantitative estimate of drug-likeness (QED) is 0.645. The lowest BCUT2D eigenvalue weighted by Gasteiger charge is -2.19. The minimum Gasteiger partial charge on any atom is -0.468 e. The molecule has 5 nitrogen and oxygen atoms in total. The molecule has 9 heteroatoms. The summed E-state index contributed by atoms with van der Waals surface area (Å²) in [6, 6.07) is 1.52. The molecular formula is C10H13Br2NO4S2. The van der Waals surface area contributed by atoms with Gasteiger partial charge >= 0.3 is 5.97 Å². The van der Waals surface area contributed by atoms with Gasteiger partial charge in [-0.2, -0.15) is 4.31 Å². The molecule has 1 heterocycles. The van der Waals surface area contributed by atoms with Crippen LogP contribution in [-0.2, 0) is 19.6 Å². The molecule has 1 rings (SSSR count). The summed E-state index contributed by atoms with van der Waals surface area (Å²) < 4.78 is 31.8. The topological polar surface area (TPSA) is 63.7 Å². The molecule has 0 aliphatic rings. The van der Waals surface area contributed by atoms with E-state index in [4.69, 9.17) is 0 Å². The first-order valence-corrected chi connectivity index (χ1v) is 9.19. The summed E-state index contributed by atoms with van der Waals surface area (Å²) in [6.45, 7) is 1.82. The smallest absolute Gasteiger partial charge is 0.321 e. The van der Waals surface area contributed by atoms with E-state index >= 15 is 0 Å². The third-order valence-electron chi connectivity index (χ3n) is 2.25. The van der Waals surface area contributed by atoms with Crippen molar-refractivity contribution in [3.05, 3.63) is 13.6 Å². The van der Waals surface area contributed by atoms with Crippen molar-refractivity contribution in [3.8, 4) is 0 Å². The fourth-order valence-corrected chi connectivity index (χ4v) is 6.62. The Morgan fingerprint density at radius 1 is 1.47 bits per heavy atom. The minimum absolute atomic E-state index is 0.154. The van der Waals surface area contributed by atoms with Crippen LogP contribution >= 0.6 is 43.2 Å². The van der Waals surface area contributed by atoms with Crippen LogP contribution in [0.25, 0.3) is 0 Å². The number of carbonyl (C=O) groups is 1. The summed E-state index contributed by atoms with van der Waals surface area (Å²) in [5.41, 5.74) is 0. The van der Waals surface area contributed by atoms with Crippen LogP contribution in [0.2, 0.25) is 0 Å². The Kier molecular flexibility index (Phi) is 6.44. The number of halogens is 2. The van der Waals surface area contributed by atoms with Crippen LogP contribution in [0.5, 0.6) is 0 Å². The average Bonchev–Trinajstić information content (AvgIpc) is 2.68. The Balaban J connectivity index is 3.12. The zero-order valence-electron chi connectivity index (χ0n) is 10.4. The SMILES string of the molecule is CCCN(CC(=O)OC)S(=O)(=O)c1cc(Br)sc1Br.